The third-order valence-corrected chi connectivity index (χ3v) is 3.15. The van der Waals surface area contributed by atoms with Gasteiger partial charge < -0.3 is 19.5 Å². The summed E-state index contributed by atoms with van der Waals surface area (Å²) in [7, 11) is 3.06. The van der Waals surface area contributed by atoms with E-state index in [-0.39, 0.29) is 5.91 Å². The maximum Gasteiger partial charge on any atom is 0.259 e. The molecule has 1 amide bonds. The molecule has 1 N–H and O–H groups in total. The summed E-state index contributed by atoms with van der Waals surface area (Å²) in [5, 5.41) is 2.83. The third kappa shape index (κ3) is 4.03. The van der Waals surface area contributed by atoms with Crippen LogP contribution in [0.2, 0.25) is 0 Å². The molecule has 5 nitrogen and oxygen atoms in total. The lowest BCUT2D eigenvalue weighted by Gasteiger charge is -2.13. The summed E-state index contributed by atoms with van der Waals surface area (Å²) in [6.07, 6.45) is 1.64. The van der Waals surface area contributed by atoms with Crippen LogP contribution in [0.1, 0.15) is 10.4 Å². The van der Waals surface area contributed by atoms with Gasteiger partial charge in [0.1, 0.15) is 23.9 Å². The van der Waals surface area contributed by atoms with Crippen molar-refractivity contribution in [3.05, 3.63) is 60.7 Å². The van der Waals surface area contributed by atoms with Crippen LogP contribution in [0.4, 0.5) is 5.69 Å². The van der Waals surface area contributed by atoms with Gasteiger partial charge >= 0.3 is 0 Å². The molecule has 23 heavy (non-hydrogen) atoms. The average molecular weight is 313 g/mol. The first-order valence-corrected chi connectivity index (χ1v) is 7.05. The SMILES string of the molecule is C=CCOc1ccccc1NC(=O)c1ccc(OC)cc1OC. The van der Waals surface area contributed by atoms with Gasteiger partial charge in [-0.1, -0.05) is 24.8 Å². The largest absolute Gasteiger partial charge is 0.497 e. The minimum atomic E-state index is -0.292. The maximum atomic E-state index is 12.5. The smallest absolute Gasteiger partial charge is 0.259 e. The fourth-order valence-electron chi connectivity index (χ4n) is 2.02. The molecular weight excluding hydrogens is 294 g/mol. The number of benzene rings is 2. The Morgan fingerprint density at radius 1 is 1.13 bits per heavy atom. The van der Waals surface area contributed by atoms with Crippen molar-refractivity contribution in [1.29, 1.82) is 0 Å². The Morgan fingerprint density at radius 3 is 2.61 bits per heavy atom. The van der Waals surface area contributed by atoms with E-state index in [1.165, 1.54) is 7.11 Å². The number of carbonyl (C=O) groups excluding carboxylic acids is 1. The first-order valence-electron chi connectivity index (χ1n) is 7.05. The first kappa shape index (κ1) is 16.4. The van der Waals surface area contributed by atoms with E-state index in [1.54, 1.807) is 43.5 Å². The van der Waals surface area contributed by atoms with Crippen LogP contribution < -0.4 is 19.5 Å². The van der Waals surface area contributed by atoms with Gasteiger partial charge in [0.05, 0.1) is 25.5 Å². The number of para-hydroxylation sites is 2. The van der Waals surface area contributed by atoms with Gasteiger partial charge in [-0.2, -0.15) is 0 Å². The molecule has 0 atom stereocenters. The zero-order valence-corrected chi connectivity index (χ0v) is 13.2. The topological polar surface area (TPSA) is 56.8 Å². The highest BCUT2D eigenvalue weighted by Gasteiger charge is 2.15. The summed E-state index contributed by atoms with van der Waals surface area (Å²) in [4.78, 5) is 12.5. The number of nitrogens with one attached hydrogen (secondary N) is 1. The molecule has 0 heterocycles. The summed E-state index contributed by atoms with van der Waals surface area (Å²) in [5.41, 5.74) is 0.990. The molecular formula is C18H19NO4. The fourth-order valence-corrected chi connectivity index (χ4v) is 2.02. The fraction of sp³-hybridized carbons (Fsp3) is 0.167. The van der Waals surface area contributed by atoms with Crippen LogP contribution >= 0.6 is 0 Å². The zero-order chi connectivity index (χ0) is 16.7. The van der Waals surface area contributed by atoms with Crippen molar-refractivity contribution in [3.63, 3.8) is 0 Å². The highest BCUT2D eigenvalue weighted by Crippen LogP contribution is 2.28. The van der Waals surface area contributed by atoms with Crippen molar-refractivity contribution < 1.29 is 19.0 Å². The number of hydrogen-bond donors (Lipinski definition) is 1. The minimum absolute atomic E-state index is 0.292. The lowest BCUT2D eigenvalue weighted by atomic mass is 10.1. The summed E-state index contributed by atoms with van der Waals surface area (Å²) in [6.45, 7) is 3.97. The number of amides is 1. The second-order valence-corrected chi connectivity index (χ2v) is 4.62. The molecule has 0 saturated carbocycles. The van der Waals surface area contributed by atoms with Crippen molar-refractivity contribution in [2.24, 2.45) is 0 Å². The van der Waals surface area contributed by atoms with Crippen LogP contribution in [0.5, 0.6) is 17.2 Å². The van der Waals surface area contributed by atoms with E-state index in [9.17, 15) is 4.79 Å². The number of hydrogen-bond acceptors (Lipinski definition) is 4. The Morgan fingerprint density at radius 2 is 1.91 bits per heavy atom. The molecule has 2 rings (SSSR count). The van der Waals surface area contributed by atoms with Crippen molar-refractivity contribution >= 4 is 11.6 Å². The number of ether oxygens (including phenoxy) is 3. The molecule has 5 heteroatoms. The van der Waals surface area contributed by atoms with Crippen molar-refractivity contribution in [3.8, 4) is 17.2 Å². The Bertz CT molecular complexity index is 697. The highest BCUT2D eigenvalue weighted by atomic mass is 16.5. The van der Waals surface area contributed by atoms with Gasteiger partial charge in [-0.05, 0) is 24.3 Å². The predicted octanol–water partition coefficient (Wildman–Crippen LogP) is 3.52. The summed E-state index contributed by atoms with van der Waals surface area (Å²) in [6, 6.07) is 12.2. The average Bonchev–Trinajstić information content (AvgIpc) is 2.60. The molecule has 0 aliphatic heterocycles. The number of rotatable bonds is 7. The quantitative estimate of drug-likeness (QED) is 0.795. The Kier molecular flexibility index (Phi) is 5.63. The van der Waals surface area contributed by atoms with Gasteiger partial charge in [0.15, 0.2) is 0 Å². The Labute approximate surface area is 135 Å². The highest BCUT2D eigenvalue weighted by molar-refractivity contribution is 6.07. The second kappa shape index (κ2) is 7.89. The van der Waals surface area contributed by atoms with Gasteiger partial charge in [-0.25, -0.2) is 0 Å². The van der Waals surface area contributed by atoms with Crippen molar-refractivity contribution in [1.82, 2.24) is 0 Å². The molecule has 0 aliphatic carbocycles. The van der Waals surface area contributed by atoms with Gasteiger partial charge in [0.25, 0.3) is 5.91 Å². The lowest BCUT2D eigenvalue weighted by molar-refractivity contribution is 0.102. The molecule has 0 aliphatic rings. The Balaban J connectivity index is 2.24. The summed E-state index contributed by atoms with van der Waals surface area (Å²) < 4.78 is 15.9. The van der Waals surface area contributed by atoms with E-state index >= 15 is 0 Å². The number of anilines is 1. The molecule has 0 spiro atoms. The third-order valence-electron chi connectivity index (χ3n) is 3.15. The molecule has 0 bridgehead atoms. The summed E-state index contributed by atoms with van der Waals surface area (Å²) >= 11 is 0. The molecule has 0 radical (unpaired) electrons. The van der Waals surface area contributed by atoms with Crippen molar-refractivity contribution in [2.45, 2.75) is 0 Å². The van der Waals surface area contributed by atoms with E-state index in [0.717, 1.165) is 0 Å². The van der Waals surface area contributed by atoms with Crippen LogP contribution in [-0.4, -0.2) is 26.7 Å². The second-order valence-electron chi connectivity index (χ2n) is 4.62. The standard InChI is InChI=1S/C18H19NO4/c1-4-11-23-16-8-6-5-7-15(16)19-18(20)14-10-9-13(21-2)12-17(14)22-3/h4-10,12H,1,11H2,2-3H3,(H,19,20). The van der Waals surface area contributed by atoms with Gasteiger partial charge in [-0.3, -0.25) is 4.79 Å². The van der Waals surface area contributed by atoms with E-state index in [4.69, 9.17) is 14.2 Å². The number of methoxy groups -OCH3 is 2. The first-order chi connectivity index (χ1) is 11.2. The molecule has 120 valence electrons. The van der Waals surface area contributed by atoms with E-state index in [0.29, 0.717) is 35.1 Å². The molecule has 0 saturated heterocycles. The zero-order valence-electron chi connectivity index (χ0n) is 13.2. The van der Waals surface area contributed by atoms with Gasteiger partial charge in [-0.15, -0.1) is 0 Å². The maximum absolute atomic E-state index is 12.5. The Hall–Kier alpha value is -2.95. The van der Waals surface area contributed by atoms with E-state index < -0.39 is 0 Å². The van der Waals surface area contributed by atoms with Crippen molar-refractivity contribution in [2.75, 3.05) is 26.1 Å². The molecule has 2 aromatic carbocycles. The van der Waals surface area contributed by atoms with Crippen LogP contribution in [0.15, 0.2) is 55.1 Å². The minimum Gasteiger partial charge on any atom is -0.497 e. The number of carbonyl (C=O) groups is 1. The molecule has 0 unspecified atom stereocenters. The van der Waals surface area contributed by atoms with Gasteiger partial charge in [0, 0.05) is 6.07 Å². The lowest BCUT2D eigenvalue weighted by Crippen LogP contribution is -2.14. The molecule has 2 aromatic rings. The van der Waals surface area contributed by atoms with Crippen LogP contribution in [0.3, 0.4) is 0 Å². The normalized spacial score (nSPS) is 9.83. The summed E-state index contributed by atoms with van der Waals surface area (Å²) in [5.74, 6) is 1.34. The van der Waals surface area contributed by atoms with Crippen LogP contribution in [0.25, 0.3) is 0 Å². The molecule has 0 aromatic heterocycles. The predicted molar refractivity (Wildman–Crippen MR) is 89.6 cm³/mol. The van der Waals surface area contributed by atoms with Gasteiger partial charge in [0.2, 0.25) is 0 Å². The van der Waals surface area contributed by atoms with Crippen LogP contribution in [0, 0.1) is 0 Å². The monoisotopic (exact) mass is 313 g/mol. The van der Waals surface area contributed by atoms with Crippen LogP contribution in [-0.2, 0) is 0 Å². The van der Waals surface area contributed by atoms with E-state index in [1.807, 2.05) is 12.1 Å². The van der Waals surface area contributed by atoms with E-state index in [2.05, 4.69) is 11.9 Å². The molecule has 0 fully saturated rings.